The van der Waals surface area contributed by atoms with Crippen LogP contribution in [0.15, 0.2) is 42.5 Å². The highest BCUT2D eigenvalue weighted by Crippen LogP contribution is 2.20. The molecule has 3 heteroatoms. The van der Waals surface area contributed by atoms with Crippen molar-refractivity contribution in [1.82, 2.24) is 5.32 Å². The van der Waals surface area contributed by atoms with Crippen molar-refractivity contribution in [2.24, 2.45) is 0 Å². The van der Waals surface area contributed by atoms with Crippen molar-refractivity contribution in [3.8, 4) is 0 Å². The number of hydrogen-bond acceptors (Lipinski definition) is 1. The molecule has 1 N–H and O–H groups in total. The van der Waals surface area contributed by atoms with Crippen LogP contribution < -0.4 is 5.32 Å². The van der Waals surface area contributed by atoms with Crippen LogP contribution in [0.2, 0.25) is 5.02 Å². The average molecular weight is 306 g/mol. The molecule has 0 heterocycles. The lowest BCUT2D eigenvalue weighted by Gasteiger charge is -2.17. The molecule has 0 radical (unpaired) electrons. The fourth-order valence-electron chi connectivity index (χ4n) is 2.52. The topological polar surface area (TPSA) is 12.0 Å². The first-order valence-electron chi connectivity index (χ1n) is 7.25. The Labute approximate surface area is 131 Å². The third-order valence-corrected chi connectivity index (χ3v) is 4.12. The van der Waals surface area contributed by atoms with Crippen LogP contribution in [0.5, 0.6) is 0 Å². The summed E-state index contributed by atoms with van der Waals surface area (Å²) in [5.41, 5.74) is 3.47. The van der Waals surface area contributed by atoms with Crippen molar-refractivity contribution in [2.45, 2.75) is 32.2 Å². The third-order valence-electron chi connectivity index (χ3n) is 3.75. The van der Waals surface area contributed by atoms with Gasteiger partial charge in [0.05, 0.1) is 0 Å². The molecule has 0 saturated heterocycles. The Hall–Kier alpha value is -1.38. The number of benzene rings is 2. The van der Waals surface area contributed by atoms with Gasteiger partial charge in [-0.25, -0.2) is 4.39 Å². The molecule has 2 aromatic carbocycles. The molecule has 0 spiro atoms. The first kappa shape index (κ1) is 16.0. The summed E-state index contributed by atoms with van der Waals surface area (Å²) in [5.74, 6) is -0.233. The van der Waals surface area contributed by atoms with Gasteiger partial charge < -0.3 is 5.32 Å². The molecule has 1 nitrogen and oxygen atoms in total. The first-order valence-corrected chi connectivity index (χ1v) is 7.63. The summed E-state index contributed by atoms with van der Waals surface area (Å²) in [6.07, 6.45) is 2.73. The molecule has 112 valence electrons. The van der Waals surface area contributed by atoms with Crippen molar-refractivity contribution >= 4 is 11.6 Å². The Morgan fingerprint density at radius 1 is 1.19 bits per heavy atom. The Morgan fingerprint density at radius 3 is 2.71 bits per heavy atom. The summed E-state index contributed by atoms with van der Waals surface area (Å²) < 4.78 is 13.3. The maximum absolute atomic E-state index is 13.3. The number of halogens is 2. The van der Waals surface area contributed by atoms with E-state index in [1.54, 1.807) is 6.07 Å². The lowest BCUT2D eigenvalue weighted by molar-refractivity contribution is 0.518. The average Bonchev–Trinajstić information content (AvgIpc) is 2.47. The van der Waals surface area contributed by atoms with E-state index in [1.165, 1.54) is 23.3 Å². The van der Waals surface area contributed by atoms with E-state index in [-0.39, 0.29) is 11.9 Å². The van der Waals surface area contributed by atoms with E-state index < -0.39 is 0 Å². The zero-order valence-corrected chi connectivity index (χ0v) is 13.3. The monoisotopic (exact) mass is 305 g/mol. The molecule has 0 amide bonds. The molecule has 0 aliphatic rings. The molecule has 0 fully saturated rings. The second-order valence-corrected chi connectivity index (χ2v) is 5.86. The van der Waals surface area contributed by atoms with E-state index in [9.17, 15) is 4.39 Å². The van der Waals surface area contributed by atoms with E-state index >= 15 is 0 Å². The van der Waals surface area contributed by atoms with Crippen LogP contribution in [-0.4, -0.2) is 13.1 Å². The first-order chi connectivity index (χ1) is 10.1. The van der Waals surface area contributed by atoms with Crippen LogP contribution in [-0.2, 0) is 12.8 Å². The lowest BCUT2D eigenvalue weighted by Crippen LogP contribution is -2.28. The normalized spacial score (nSPS) is 12.4. The summed E-state index contributed by atoms with van der Waals surface area (Å²) >= 11 is 6.14. The van der Waals surface area contributed by atoms with Gasteiger partial charge in [-0.15, -0.1) is 0 Å². The van der Waals surface area contributed by atoms with Crippen molar-refractivity contribution in [1.29, 1.82) is 0 Å². The number of rotatable bonds is 6. The second-order valence-electron chi connectivity index (χ2n) is 5.45. The minimum Gasteiger partial charge on any atom is -0.317 e. The van der Waals surface area contributed by atoms with Gasteiger partial charge in [-0.2, -0.15) is 0 Å². The maximum Gasteiger partial charge on any atom is 0.123 e. The highest BCUT2D eigenvalue weighted by molar-refractivity contribution is 6.31. The van der Waals surface area contributed by atoms with Gasteiger partial charge in [-0.1, -0.05) is 41.4 Å². The zero-order valence-electron chi connectivity index (χ0n) is 12.5. The summed E-state index contributed by atoms with van der Waals surface area (Å²) in [5, 5.41) is 3.93. The fraction of sp³-hybridized carbons (Fsp3) is 0.333. The molecule has 0 aromatic heterocycles. The van der Waals surface area contributed by atoms with Gasteiger partial charge in [0.1, 0.15) is 5.82 Å². The van der Waals surface area contributed by atoms with Gasteiger partial charge in [0.15, 0.2) is 0 Å². The van der Waals surface area contributed by atoms with Crippen LogP contribution >= 0.6 is 11.6 Å². The summed E-state index contributed by atoms with van der Waals surface area (Å²) in [7, 11) is 1.94. The molecule has 0 saturated carbocycles. The Kier molecular flexibility index (Phi) is 5.77. The SMILES string of the molecule is CNC(CCc1cccc(C)c1)Cc1cc(F)ccc1Cl. The highest BCUT2D eigenvalue weighted by atomic mass is 35.5. The number of nitrogens with one attached hydrogen (secondary N) is 1. The molecule has 0 bridgehead atoms. The largest absolute Gasteiger partial charge is 0.317 e. The smallest absolute Gasteiger partial charge is 0.123 e. The number of hydrogen-bond donors (Lipinski definition) is 1. The Morgan fingerprint density at radius 2 is 2.00 bits per heavy atom. The standard InChI is InChI=1S/C18H21ClFN/c1-13-4-3-5-14(10-13)6-8-17(21-2)12-15-11-16(20)7-9-18(15)19/h3-5,7,9-11,17,21H,6,8,12H2,1-2H3. The van der Waals surface area contributed by atoms with Crippen LogP contribution in [0.4, 0.5) is 4.39 Å². The predicted molar refractivity (Wildman–Crippen MR) is 87.5 cm³/mol. The summed E-state index contributed by atoms with van der Waals surface area (Å²) in [6.45, 7) is 2.10. The van der Waals surface area contributed by atoms with Gasteiger partial charge in [0.2, 0.25) is 0 Å². The molecule has 2 aromatic rings. The quantitative estimate of drug-likeness (QED) is 0.825. The maximum atomic E-state index is 13.3. The summed E-state index contributed by atoms with van der Waals surface area (Å²) in [4.78, 5) is 0. The molecule has 0 aliphatic carbocycles. The van der Waals surface area contributed by atoms with Crippen molar-refractivity contribution < 1.29 is 4.39 Å². The van der Waals surface area contributed by atoms with Crippen molar-refractivity contribution in [3.63, 3.8) is 0 Å². The zero-order chi connectivity index (χ0) is 15.2. The van der Waals surface area contributed by atoms with E-state index in [0.717, 1.165) is 24.8 Å². The number of aryl methyl sites for hydroxylation is 2. The molecular weight excluding hydrogens is 285 g/mol. The van der Waals surface area contributed by atoms with Gasteiger partial charge in [0.25, 0.3) is 0 Å². The molecule has 0 aliphatic heterocycles. The van der Waals surface area contributed by atoms with Gasteiger partial charge >= 0.3 is 0 Å². The second kappa shape index (κ2) is 7.58. The molecule has 2 rings (SSSR count). The van der Waals surface area contributed by atoms with E-state index in [2.05, 4.69) is 36.5 Å². The molecular formula is C18H21ClFN. The van der Waals surface area contributed by atoms with Crippen molar-refractivity contribution in [2.75, 3.05) is 7.05 Å². The van der Waals surface area contributed by atoms with E-state index in [0.29, 0.717) is 5.02 Å². The number of likely N-dealkylation sites (N-methyl/N-ethyl adjacent to an activating group) is 1. The van der Waals surface area contributed by atoms with Gasteiger partial charge in [0, 0.05) is 11.1 Å². The third kappa shape index (κ3) is 4.83. The summed E-state index contributed by atoms with van der Waals surface area (Å²) in [6, 6.07) is 13.4. The highest BCUT2D eigenvalue weighted by Gasteiger charge is 2.11. The van der Waals surface area contributed by atoms with E-state index in [1.807, 2.05) is 7.05 Å². The van der Waals surface area contributed by atoms with Crippen LogP contribution in [0.25, 0.3) is 0 Å². The van der Waals surface area contributed by atoms with Crippen LogP contribution in [0.1, 0.15) is 23.1 Å². The Bertz CT molecular complexity index is 598. The predicted octanol–water partition coefficient (Wildman–Crippen LogP) is 4.55. The Balaban J connectivity index is 1.98. The molecule has 1 atom stereocenters. The van der Waals surface area contributed by atoms with Crippen molar-refractivity contribution in [3.05, 3.63) is 70.0 Å². The fourth-order valence-corrected chi connectivity index (χ4v) is 2.72. The lowest BCUT2D eigenvalue weighted by atomic mass is 9.98. The van der Waals surface area contributed by atoms with E-state index in [4.69, 9.17) is 11.6 Å². The minimum atomic E-state index is -0.233. The molecule has 21 heavy (non-hydrogen) atoms. The van der Waals surface area contributed by atoms with Gasteiger partial charge in [-0.3, -0.25) is 0 Å². The van der Waals surface area contributed by atoms with Crippen LogP contribution in [0.3, 0.4) is 0 Å². The van der Waals surface area contributed by atoms with Gasteiger partial charge in [-0.05, 0) is 62.6 Å². The van der Waals surface area contributed by atoms with Crippen LogP contribution in [0, 0.1) is 12.7 Å². The molecule has 1 unspecified atom stereocenters. The minimum absolute atomic E-state index is 0.233.